The lowest BCUT2D eigenvalue weighted by Gasteiger charge is -2.07. The first-order chi connectivity index (χ1) is 8.49. The van der Waals surface area contributed by atoms with Crippen LogP contribution in [0.4, 0.5) is 5.69 Å². The summed E-state index contributed by atoms with van der Waals surface area (Å²) < 4.78 is 31.7. The number of para-hydroxylation sites is 1. The van der Waals surface area contributed by atoms with Gasteiger partial charge < -0.3 is 10.2 Å². The molecule has 0 bridgehead atoms. The Balaban J connectivity index is 2.16. The molecule has 0 radical (unpaired) electrons. The first-order valence-electron chi connectivity index (χ1n) is 5.38. The summed E-state index contributed by atoms with van der Waals surface area (Å²) >= 11 is 0. The Morgan fingerprint density at radius 2 is 1.94 bits per heavy atom. The van der Waals surface area contributed by atoms with Crippen LogP contribution in [0.2, 0.25) is 0 Å². The third kappa shape index (κ3) is 2.72. The predicted molar refractivity (Wildman–Crippen MR) is 68.3 cm³/mol. The predicted octanol–water partition coefficient (Wildman–Crippen LogP) is 1.65. The Morgan fingerprint density at radius 3 is 2.56 bits per heavy atom. The highest BCUT2D eigenvalue weighted by Crippen LogP contribution is 2.17. The molecular weight excluding hydrogens is 252 g/mol. The van der Waals surface area contributed by atoms with Gasteiger partial charge in [-0.25, -0.2) is 13.1 Å². The van der Waals surface area contributed by atoms with Crippen molar-refractivity contribution in [1.29, 1.82) is 0 Å². The number of hydrogen-bond acceptors (Lipinski definition) is 4. The zero-order valence-electron chi connectivity index (χ0n) is 9.88. The molecule has 0 aliphatic heterocycles. The van der Waals surface area contributed by atoms with Crippen molar-refractivity contribution in [1.82, 2.24) is 4.72 Å². The standard InChI is InChI=1S/C12H14N2O3S/c1-9-6-7-10(17-9)8-14-18(15,16)12-5-3-2-4-11(12)13/h2-7,14H,8,13H2,1H3. The van der Waals surface area contributed by atoms with Crippen molar-refractivity contribution >= 4 is 15.7 Å². The minimum atomic E-state index is -3.61. The highest BCUT2D eigenvalue weighted by atomic mass is 32.2. The lowest BCUT2D eigenvalue weighted by molar-refractivity contribution is 0.475. The van der Waals surface area contributed by atoms with Crippen molar-refractivity contribution in [3.05, 3.63) is 47.9 Å². The summed E-state index contributed by atoms with van der Waals surface area (Å²) in [4.78, 5) is 0.0771. The molecule has 0 fully saturated rings. The summed E-state index contributed by atoms with van der Waals surface area (Å²) in [6.45, 7) is 1.90. The van der Waals surface area contributed by atoms with E-state index in [1.54, 1.807) is 37.3 Å². The minimum absolute atomic E-state index is 0.0771. The molecule has 18 heavy (non-hydrogen) atoms. The Labute approximate surface area is 106 Å². The monoisotopic (exact) mass is 266 g/mol. The van der Waals surface area contributed by atoms with Crippen LogP contribution in [0, 0.1) is 6.92 Å². The van der Waals surface area contributed by atoms with Gasteiger partial charge in [-0.15, -0.1) is 0 Å². The van der Waals surface area contributed by atoms with E-state index in [0.29, 0.717) is 5.76 Å². The number of nitrogen functional groups attached to an aromatic ring is 1. The molecule has 1 aromatic carbocycles. The molecule has 0 saturated heterocycles. The molecule has 0 aliphatic carbocycles. The number of sulfonamides is 1. The summed E-state index contributed by atoms with van der Waals surface area (Å²) in [5, 5.41) is 0. The van der Waals surface area contributed by atoms with E-state index in [-0.39, 0.29) is 17.1 Å². The second-order valence-corrected chi connectivity index (χ2v) is 5.61. The van der Waals surface area contributed by atoms with Gasteiger partial charge in [-0.3, -0.25) is 0 Å². The van der Waals surface area contributed by atoms with E-state index in [2.05, 4.69) is 4.72 Å². The van der Waals surface area contributed by atoms with E-state index in [4.69, 9.17) is 10.2 Å². The van der Waals surface area contributed by atoms with Crippen LogP contribution in [0.1, 0.15) is 11.5 Å². The van der Waals surface area contributed by atoms with Gasteiger partial charge in [0.05, 0.1) is 12.2 Å². The maximum Gasteiger partial charge on any atom is 0.243 e. The average Bonchev–Trinajstić information content (AvgIpc) is 2.73. The van der Waals surface area contributed by atoms with Crippen LogP contribution in [0.15, 0.2) is 45.7 Å². The molecule has 0 saturated carbocycles. The maximum atomic E-state index is 12.0. The summed E-state index contributed by atoms with van der Waals surface area (Å²) in [6, 6.07) is 9.83. The zero-order chi connectivity index (χ0) is 13.2. The van der Waals surface area contributed by atoms with Gasteiger partial charge in [0.25, 0.3) is 0 Å². The van der Waals surface area contributed by atoms with Gasteiger partial charge in [-0.05, 0) is 31.2 Å². The van der Waals surface area contributed by atoms with Crippen molar-refractivity contribution < 1.29 is 12.8 Å². The van der Waals surface area contributed by atoms with Crippen LogP contribution in [0.3, 0.4) is 0 Å². The van der Waals surface area contributed by atoms with E-state index >= 15 is 0 Å². The quantitative estimate of drug-likeness (QED) is 0.824. The maximum absolute atomic E-state index is 12.0. The van der Waals surface area contributed by atoms with Gasteiger partial charge in [0.15, 0.2) is 0 Å². The number of benzene rings is 1. The van der Waals surface area contributed by atoms with E-state index in [0.717, 1.165) is 5.76 Å². The smallest absolute Gasteiger partial charge is 0.243 e. The summed E-state index contributed by atoms with van der Waals surface area (Å²) in [5.74, 6) is 1.30. The van der Waals surface area contributed by atoms with Gasteiger partial charge in [0.1, 0.15) is 16.4 Å². The second kappa shape index (κ2) is 4.83. The molecule has 0 atom stereocenters. The Kier molecular flexibility index (Phi) is 3.40. The van der Waals surface area contributed by atoms with Crippen LogP contribution < -0.4 is 10.5 Å². The fourth-order valence-corrected chi connectivity index (χ4v) is 2.67. The molecule has 3 N–H and O–H groups in total. The van der Waals surface area contributed by atoms with Crippen LogP contribution in [-0.4, -0.2) is 8.42 Å². The number of nitrogens with one attached hydrogen (secondary N) is 1. The highest BCUT2D eigenvalue weighted by Gasteiger charge is 2.16. The number of aryl methyl sites for hydroxylation is 1. The Morgan fingerprint density at radius 1 is 1.22 bits per heavy atom. The number of rotatable bonds is 4. The number of hydrogen-bond donors (Lipinski definition) is 2. The van der Waals surface area contributed by atoms with Gasteiger partial charge in [-0.2, -0.15) is 0 Å². The normalized spacial score (nSPS) is 11.6. The summed E-state index contributed by atoms with van der Waals surface area (Å²) in [6.07, 6.45) is 0. The van der Waals surface area contributed by atoms with Crippen molar-refractivity contribution in [2.75, 3.05) is 5.73 Å². The third-order valence-electron chi connectivity index (χ3n) is 2.44. The fourth-order valence-electron chi connectivity index (χ4n) is 1.55. The van der Waals surface area contributed by atoms with Gasteiger partial charge in [0, 0.05) is 0 Å². The molecule has 2 rings (SSSR count). The van der Waals surface area contributed by atoms with Crippen molar-refractivity contribution in [3.8, 4) is 0 Å². The number of nitrogens with two attached hydrogens (primary N) is 1. The molecule has 0 amide bonds. The molecule has 0 aliphatic rings. The van der Waals surface area contributed by atoms with Crippen LogP contribution in [0.5, 0.6) is 0 Å². The van der Waals surface area contributed by atoms with E-state index in [9.17, 15) is 8.42 Å². The van der Waals surface area contributed by atoms with E-state index in [1.165, 1.54) is 6.07 Å². The fraction of sp³-hybridized carbons (Fsp3) is 0.167. The van der Waals surface area contributed by atoms with Gasteiger partial charge in [0.2, 0.25) is 10.0 Å². The molecule has 96 valence electrons. The first-order valence-corrected chi connectivity index (χ1v) is 6.87. The van der Waals surface area contributed by atoms with Crippen molar-refractivity contribution in [2.45, 2.75) is 18.4 Å². The van der Waals surface area contributed by atoms with Crippen molar-refractivity contribution in [2.24, 2.45) is 0 Å². The van der Waals surface area contributed by atoms with Crippen LogP contribution in [0.25, 0.3) is 0 Å². The van der Waals surface area contributed by atoms with Crippen molar-refractivity contribution in [3.63, 3.8) is 0 Å². The molecule has 0 spiro atoms. The highest BCUT2D eigenvalue weighted by molar-refractivity contribution is 7.89. The van der Waals surface area contributed by atoms with E-state index < -0.39 is 10.0 Å². The zero-order valence-corrected chi connectivity index (χ0v) is 10.7. The number of anilines is 1. The molecule has 5 nitrogen and oxygen atoms in total. The van der Waals surface area contributed by atoms with Gasteiger partial charge >= 0.3 is 0 Å². The van der Waals surface area contributed by atoms with Crippen LogP contribution >= 0.6 is 0 Å². The average molecular weight is 266 g/mol. The molecule has 1 heterocycles. The lowest BCUT2D eigenvalue weighted by Crippen LogP contribution is -2.23. The van der Waals surface area contributed by atoms with E-state index in [1.807, 2.05) is 0 Å². The lowest BCUT2D eigenvalue weighted by atomic mass is 10.3. The minimum Gasteiger partial charge on any atom is -0.465 e. The topological polar surface area (TPSA) is 85.3 Å². The molecule has 2 aromatic rings. The largest absolute Gasteiger partial charge is 0.465 e. The molecular formula is C12H14N2O3S. The number of furan rings is 1. The molecule has 6 heteroatoms. The molecule has 1 aromatic heterocycles. The SMILES string of the molecule is Cc1ccc(CNS(=O)(=O)c2ccccc2N)o1. The summed E-state index contributed by atoms with van der Waals surface area (Å²) in [5.41, 5.74) is 5.86. The first kappa shape index (κ1) is 12.7. The van der Waals surface area contributed by atoms with Gasteiger partial charge in [-0.1, -0.05) is 12.1 Å². The Hall–Kier alpha value is -1.79. The van der Waals surface area contributed by atoms with Crippen LogP contribution in [-0.2, 0) is 16.6 Å². The second-order valence-electron chi connectivity index (χ2n) is 3.87. The Bertz CT molecular complexity index is 647. The molecule has 0 unspecified atom stereocenters. The third-order valence-corrected chi connectivity index (χ3v) is 3.92. The summed E-state index contributed by atoms with van der Waals surface area (Å²) in [7, 11) is -3.61.